The summed E-state index contributed by atoms with van der Waals surface area (Å²) in [6.07, 6.45) is 0.765. The lowest BCUT2D eigenvalue weighted by Gasteiger charge is -2.01. The van der Waals surface area contributed by atoms with Gasteiger partial charge < -0.3 is 10.4 Å². The van der Waals surface area contributed by atoms with E-state index < -0.39 is 5.97 Å². The molecule has 1 aromatic heterocycles. The normalized spacial score (nSPS) is 10.1. The fourth-order valence-corrected chi connectivity index (χ4v) is 1.84. The molecule has 0 atom stereocenters. The molecule has 0 unspecified atom stereocenters. The Morgan fingerprint density at radius 2 is 2.25 bits per heavy atom. The minimum Gasteiger partial charge on any atom is -0.481 e. The first-order valence-corrected chi connectivity index (χ1v) is 5.91. The summed E-state index contributed by atoms with van der Waals surface area (Å²) in [5.41, 5.74) is 0.825. The van der Waals surface area contributed by atoms with Crippen LogP contribution in [-0.4, -0.2) is 22.0 Å². The summed E-state index contributed by atoms with van der Waals surface area (Å²) in [6, 6.07) is 0. The molecule has 1 heterocycles. The summed E-state index contributed by atoms with van der Waals surface area (Å²) in [7, 11) is 0. The molecule has 0 radical (unpaired) electrons. The van der Waals surface area contributed by atoms with Crippen molar-refractivity contribution in [1.29, 1.82) is 0 Å². The summed E-state index contributed by atoms with van der Waals surface area (Å²) in [5, 5.41) is 14.0. The molecule has 0 saturated carbocycles. The Morgan fingerprint density at radius 1 is 1.50 bits per heavy atom. The molecule has 2 N–H and O–H groups in total. The van der Waals surface area contributed by atoms with E-state index >= 15 is 0 Å². The van der Waals surface area contributed by atoms with Crippen LogP contribution in [-0.2, 0) is 22.6 Å². The summed E-state index contributed by atoms with van der Waals surface area (Å²) < 4.78 is 0. The summed E-state index contributed by atoms with van der Waals surface area (Å²) >= 11 is 1.56. The zero-order valence-corrected chi connectivity index (χ0v) is 9.84. The SMILES string of the molecule is CCc1nc(CNC(=O)CCC(=O)O)cs1. The molecular weight excluding hydrogens is 228 g/mol. The number of aromatic nitrogens is 1. The van der Waals surface area contributed by atoms with Gasteiger partial charge in [0, 0.05) is 11.8 Å². The van der Waals surface area contributed by atoms with Crippen molar-refractivity contribution in [2.45, 2.75) is 32.7 Å². The first kappa shape index (κ1) is 12.6. The molecular formula is C10H14N2O3S. The van der Waals surface area contributed by atoms with E-state index in [1.165, 1.54) is 0 Å². The standard InChI is InChI=1S/C10H14N2O3S/c1-2-9-12-7(6-16-9)5-11-8(13)3-4-10(14)15/h6H,2-5H2,1H3,(H,11,13)(H,14,15). The van der Waals surface area contributed by atoms with Crippen LogP contribution in [0.1, 0.15) is 30.5 Å². The predicted octanol–water partition coefficient (Wildman–Crippen LogP) is 1.19. The highest BCUT2D eigenvalue weighted by atomic mass is 32.1. The van der Waals surface area contributed by atoms with Gasteiger partial charge in [0.25, 0.3) is 0 Å². The molecule has 16 heavy (non-hydrogen) atoms. The first-order valence-electron chi connectivity index (χ1n) is 5.03. The number of hydrogen-bond donors (Lipinski definition) is 2. The number of thiazole rings is 1. The van der Waals surface area contributed by atoms with E-state index in [2.05, 4.69) is 10.3 Å². The minimum absolute atomic E-state index is 0.0140. The first-order chi connectivity index (χ1) is 7.61. The van der Waals surface area contributed by atoms with Crippen LogP contribution >= 0.6 is 11.3 Å². The number of carbonyl (C=O) groups excluding carboxylic acids is 1. The van der Waals surface area contributed by atoms with Crippen LogP contribution in [0.5, 0.6) is 0 Å². The Balaban J connectivity index is 2.28. The Bertz CT molecular complexity index is 376. The zero-order valence-electron chi connectivity index (χ0n) is 9.02. The Kier molecular flexibility index (Phi) is 4.91. The predicted molar refractivity (Wildman–Crippen MR) is 60.2 cm³/mol. The van der Waals surface area contributed by atoms with E-state index in [4.69, 9.17) is 5.11 Å². The molecule has 88 valence electrons. The van der Waals surface area contributed by atoms with Gasteiger partial charge in [0.05, 0.1) is 23.7 Å². The summed E-state index contributed by atoms with van der Waals surface area (Å²) in [6.45, 7) is 2.39. The van der Waals surface area contributed by atoms with E-state index in [1.807, 2.05) is 12.3 Å². The number of amides is 1. The van der Waals surface area contributed by atoms with Crippen LogP contribution in [0.25, 0.3) is 0 Å². The topological polar surface area (TPSA) is 79.3 Å². The molecule has 5 nitrogen and oxygen atoms in total. The number of aryl methyl sites for hydroxylation is 1. The van der Waals surface area contributed by atoms with Crippen molar-refractivity contribution >= 4 is 23.2 Å². The zero-order chi connectivity index (χ0) is 12.0. The Morgan fingerprint density at radius 3 is 2.81 bits per heavy atom. The molecule has 0 saturated heterocycles. The highest BCUT2D eigenvalue weighted by molar-refractivity contribution is 7.09. The van der Waals surface area contributed by atoms with E-state index in [0.29, 0.717) is 6.54 Å². The summed E-state index contributed by atoms with van der Waals surface area (Å²) in [4.78, 5) is 25.7. The Hall–Kier alpha value is -1.43. The number of nitrogens with one attached hydrogen (secondary N) is 1. The van der Waals surface area contributed by atoms with E-state index in [1.54, 1.807) is 11.3 Å². The lowest BCUT2D eigenvalue weighted by atomic mass is 10.3. The molecule has 0 spiro atoms. The maximum absolute atomic E-state index is 11.2. The summed E-state index contributed by atoms with van der Waals surface area (Å²) in [5.74, 6) is -1.22. The maximum atomic E-state index is 11.2. The molecule has 1 aromatic rings. The third-order valence-electron chi connectivity index (χ3n) is 1.93. The number of carboxylic acid groups (broad SMARTS) is 1. The second-order valence-corrected chi connectivity index (χ2v) is 4.20. The van der Waals surface area contributed by atoms with Gasteiger partial charge in [-0.25, -0.2) is 4.98 Å². The van der Waals surface area contributed by atoms with Crippen LogP contribution in [0.3, 0.4) is 0 Å². The van der Waals surface area contributed by atoms with Crippen LogP contribution in [0.15, 0.2) is 5.38 Å². The smallest absolute Gasteiger partial charge is 0.303 e. The van der Waals surface area contributed by atoms with Crippen LogP contribution < -0.4 is 5.32 Å². The lowest BCUT2D eigenvalue weighted by molar-refractivity contribution is -0.138. The molecule has 0 aliphatic heterocycles. The van der Waals surface area contributed by atoms with Crippen molar-refractivity contribution < 1.29 is 14.7 Å². The van der Waals surface area contributed by atoms with Crippen molar-refractivity contribution in [2.24, 2.45) is 0 Å². The molecule has 6 heteroatoms. The van der Waals surface area contributed by atoms with Gasteiger partial charge in [-0.1, -0.05) is 6.92 Å². The van der Waals surface area contributed by atoms with Gasteiger partial charge in [0.2, 0.25) is 5.91 Å². The number of carbonyl (C=O) groups is 2. The van der Waals surface area contributed by atoms with E-state index in [9.17, 15) is 9.59 Å². The fourth-order valence-electron chi connectivity index (χ4n) is 1.09. The second-order valence-electron chi connectivity index (χ2n) is 3.26. The van der Waals surface area contributed by atoms with Gasteiger partial charge in [-0.3, -0.25) is 9.59 Å². The van der Waals surface area contributed by atoms with Crippen molar-refractivity contribution in [3.63, 3.8) is 0 Å². The molecule has 1 rings (SSSR count). The molecule has 0 aromatic carbocycles. The molecule has 0 fully saturated rings. The monoisotopic (exact) mass is 242 g/mol. The number of nitrogens with zero attached hydrogens (tertiary/aromatic N) is 1. The van der Waals surface area contributed by atoms with Crippen molar-refractivity contribution in [2.75, 3.05) is 0 Å². The number of carboxylic acids is 1. The molecule has 0 aliphatic rings. The minimum atomic E-state index is -0.961. The fraction of sp³-hybridized carbons (Fsp3) is 0.500. The third kappa shape index (κ3) is 4.39. The largest absolute Gasteiger partial charge is 0.481 e. The van der Waals surface area contributed by atoms with Crippen molar-refractivity contribution in [1.82, 2.24) is 10.3 Å². The second kappa shape index (κ2) is 6.22. The van der Waals surface area contributed by atoms with Gasteiger partial charge >= 0.3 is 5.97 Å². The van der Waals surface area contributed by atoms with E-state index in [0.717, 1.165) is 17.1 Å². The average Bonchev–Trinajstić information content (AvgIpc) is 2.71. The van der Waals surface area contributed by atoms with Crippen molar-refractivity contribution in [3.05, 3.63) is 16.1 Å². The van der Waals surface area contributed by atoms with E-state index in [-0.39, 0.29) is 18.7 Å². The third-order valence-corrected chi connectivity index (χ3v) is 2.98. The average molecular weight is 242 g/mol. The molecule has 0 aliphatic carbocycles. The number of rotatable bonds is 6. The lowest BCUT2D eigenvalue weighted by Crippen LogP contribution is -2.23. The molecule has 1 amide bonds. The van der Waals surface area contributed by atoms with Gasteiger partial charge in [-0.15, -0.1) is 11.3 Å². The van der Waals surface area contributed by atoms with Gasteiger partial charge in [-0.05, 0) is 6.42 Å². The molecule has 0 bridgehead atoms. The number of aliphatic carboxylic acids is 1. The quantitative estimate of drug-likeness (QED) is 0.785. The highest BCUT2D eigenvalue weighted by Crippen LogP contribution is 2.09. The van der Waals surface area contributed by atoms with Gasteiger partial charge in [0.1, 0.15) is 0 Å². The Labute approximate surface area is 97.5 Å². The number of hydrogen-bond acceptors (Lipinski definition) is 4. The van der Waals surface area contributed by atoms with Gasteiger partial charge in [-0.2, -0.15) is 0 Å². The van der Waals surface area contributed by atoms with Crippen LogP contribution in [0, 0.1) is 0 Å². The maximum Gasteiger partial charge on any atom is 0.303 e. The van der Waals surface area contributed by atoms with Crippen molar-refractivity contribution in [3.8, 4) is 0 Å². The highest BCUT2D eigenvalue weighted by Gasteiger charge is 2.06. The van der Waals surface area contributed by atoms with Crippen LogP contribution in [0.4, 0.5) is 0 Å². The van der Waals surface area contributed by atoms with Crippen LogP contribution in [0.2, 0.25) is 0 Å². The van der Waals surface area contributed by atoms with Gasteiger partial charge in [0.15, 0.2) is 0 Å².